The first-order chi connectivity index (χ1) is 9.31. The molecule has 0 atom stereocenters. The number of hydrogen-bond donors (Lipinski definition) is 2. The minimum Gasteiger partial charge on any atom is -0.385 e. The molecule has 1 aromatic carbocycles. The summed E-state index contributed by atoms with van der Waals surface area (Å²) in [5.41, 5.74) is 3.16. The number of carbonyl (C=O) groups is 1. The quantitative estimate of drug-likeness (QED) is 0.628. The number of terminal acetylenes is 1. The standard InChI is InChI=1S/C16H20N2O/c1-2-3-4-5-10-18-16(19)14-8-9-15-13(12-14)7-6-11-17-15/h1,8-9,12,17H,3-7,10-11H2,(H,18,19). The van der Waals surface area contributed by atoms with Crippen molar-refractivity contribution in [2.75, 3.05) is 18.4 Å². The van der Waals surface area contributed by atoms with Crippen LogP contribution in [0, 0.1) is 12.3 Å². The van der Waals surface area contributed by atoms with E-state index in [2.05, 4.69) is 16.6 Å². The second-order valence-corrected chi connectivity index (χ2v) is 4.82. The van der Waals surface area contributed by atoms with Crippen molar-refractivity contribution in [1.29, 1.82) is 0 Å². The molecule has 0 aromatic heterocycles. The molecule has 0 saturated heterocycles. The Labute approximate surface area is 114 Å². The van der Waals surface area contributed by atoms with Gasteiger partial charge in [-0.2, -0.15) is 0 Å². The Hall–Kier alpha value is -1.95. The Kier molecular flexibility index (Phi) is 4.85. The van der Waals surface area contributed by atoms with Crippen LogP contribution < -0.4 is 10.6 Å². The number of fused-ring (bicyclic) bond motifs is 1. The lowest BCUT2D eigenvalue weighted by Gasteiger charge is -2.18. The molecule has 0 bridgehead atoms. The lowest BCUT2D eigenvalue weighted by atomic mass is 10.0. The van der Waals surface area contributed by atoms with Gasteiger partial charge in [0.25, 0.3) is 5.91 Å². The van der Waals surface area contributed by atoms with Gasteiger partial charge in [0, 0.05) is 30.8 Å². The Morgan fingerprint density at radius 2 is 2.32 bits per heavy atom. The molecule has 19 heavy (non-hydrogen) atoms. The molecule has 0 unspecified atom stereocenters. The maximum absolute atomic E-state index is 12.0. The normalized spacial score (nSPS) is 13.0. The van der Waals surface area contributed by atoms with E-state index in [1.54, 1.807) is 0 Å². The summed E-state index contributed by atoms with van der Waals surface area (Å²) in [5, 5.41) is 6.28. The molecule has 2 rings (SSSR count). The molecule has 1 heterocycles. The van der Waals surface area contributed by atoms with E-state index in [0.717, 1.165) is 49.9 Å². The average molecular weight is 256 g/mol. The largest absolute Gasteiger partial charge is 0.385 e. The molecular weight excluding hydrogens is 236 g/mol. The van der Waals surface area contributed by atoms with Crippen LogP contribution in [0.25, 0.3) is 0 Å². The van der Waals surface area contributed by atoms with Crippen molar-refractivity contribution in [2.45, 2.75) is 32.1 Å². The van der Waals surface area contributed by atoms with Crippen molar-refractivity contribution in [2.24, 2.45) is 0 Å². The fourth-order valence-corrected chi connectivity index (χ4v) is 2.27. The Morgan fingerprint density at radius 1 is 1.42 bits per heavy atom. The van der Waals surface area contributed by atoms with E-state index in [4.69, 9.17) is 6.42 Å². The summed E-state index contributed by atoms with van der Waals surface area (Å²) in [4.78, 5) is 12.0. The summed E-state index contributed by atoms with van der Waals surface area (Å²) in [5.74, 6) is 2.61. The van der Waals surface area contributed by atoms with Crippen LogP contribution in [0.4, 0.5) is 5.69 Å². The average Bonchev–Trinajstić information content (AvgIpc) is 2.46. The first-order valence-electron chi connectivity index (χ1n) is 6.90. The molecule has 0 aliphatic carbocycles. The van der Waals surface area contributed by atoms with Crippen LogP contribution in [0.3, 0.4) is 0 Å². The zero-order valence-electron chi connectivity index (χ0n) is 11.2. The molecule has 3 heteroatoms. The van der Waals surface area contributed by atoms with Crippen LogP contribution in [-0.4, -0.2) is 19.0 Å². The molecule has 100 valence electrons. The third-order valence-electron chi connectivity index (χ3n) is 3.34. The van der Waals surface area contributed by atoms with Gasteiger partial charge in [0.2, 0.25) is 0 Å². The highest BCUT2D eigenvalue weighted by atomic mass is 16.1. The van der Waals surface area contributed by atoms with Gasteiger partial charge in [-0.1, -0.05) is 0 Å². The highest BCUT2D eigenvalue weighted by Crippen LogP contribution is 2.22. The summed E-state index contributed by atoms with van der Waals surface area (Å²) < 4.78 is 0. The lowest BCUT2D eigenvalue weighted by molar-refractivity contribution is 0.0953. The van der Waals surface area contributed by atoms with Gasteiger partial charge < -0.3 is 10.6 Å². The smallest absolute Gasteiger partial charge is 0.251 e. The topological polar surface area (TPSA) is 41.1 Å². The highest BCUT2D eigenvalue weighted by molar-refractivity contribution is 5.94. The van der Waals surface area contributed by atoms with Crippen LogP contribution in [0.15, 0.2) is 18.2 Å². The first kappa shape index (κ1) is 13.5. The maximum Gasteiger partial charge on any atom is 0.251 e. The predicted octanol–water partition coefficient (Wildman–Crippen LogP) is 2.58. The van der Waals surface area contributed by atoms with Gasteiger partial charge in [0.05, 0.1) is 0 Å². The minimum absolute atomic E-state index is 0.00841. The number of amides is 1. The van der Waals surface area contributed by atoms with E-state index in [1.165, 1.54) is 5.56 Å². The number of rotatable bonds is 5. The number of carbonyl (C=O) groups excluding carboxylic acids is 1. The van der Waals surface area contributed by atoms with Gasteiger partial charge in [-0.15, -0.1) is 12.3 Å². The van der Waals surface area contributed by atoms with Crippen molar-refractivity contribution >= 4 is 11.6 Å². The van der Waals surface area contributed by atoms with E-state index in [9.17, 15) is 4.79 Å². The van der Waals surface area contributed by atoms with E-state index < -0.39 is 0 Å². The lowest BCUT2D eigenvalue weighted by Crippen LogP contribution is -2.25. The molecule has 1 aliphatic rings. The number of hydrogen-bond acceptors (Lipinski definition) is 2. The molecular formula is C16H20N2O. The second-order valence-electron chi connectivity index (χ2n) is 4.82. The van der Waals surface area contributed by atoms with Crippen molar-refractivity contribution in [1.82, 2.24) is 5.32 Å². The zero-order valence-corrected chi connectivity index (χ0v) is 11.2. The van der Waals surface area contributed by atoms with E-state index in [-0.39, 0.29) is 5.91 Å². The van der Waals surface area contributed by atoms with Crippen LogP contribution in [-0.2, 0) is 6.42 Å². The summed E-state index contributed by atoms with van der Waals surface area (Å²) in [6.45, 7) is 1.71. The van der Waals surface area contributed by atoms with Crippen molar-refractivity contribution in [3.8, 4) is 12.3 Å². The SMILES string of the molecule is C#CCCCCNC(=O)c1ccc2c(c1)CCCN2. The van der Waals surface area contributed by atoms with Gasteiger partial charge in [0.15, 0.2) is 0 Å². The monoisotopic (exact) mass is 256 g/mol. The van der Waals surface area contributed by atoms with E-state index in [1.807, 2.05) is 18.2 Å². The van der Waals surface area contributed by atoms with E-state index >= 15 is 0 Å². The van der Waals surface area contributed by atoms with Crippen LogP contribution in [0.1, 0.15) is 41.6 Å². The fourth-order valence-electron chi connectivity index (χ4n) is 2.27. The van der Waals surface area contributed by atoms with Gasteiger partial charge >= 0.3 is 0 Å². The van der Waals surface area contributed by atoms with Gasteiger partial charge in [-0.3, -0.25) is 4.79 Å². The molecule has 0 fully saturated rings. The van der Waals surface area contributed by atoms with E-state index in [0.29, 0.717) is 6.54 Å². The van der Waals surface area contributed by atoms with Crippen LogP contribution in [0.5, 0.6) is 0 Å². The number of nitrogens with one attached hydrogen (secondary N) is 2. The number of anilines is 1. The third-order valence-corrected chi connectivity index (χ3v) is 3.34. The van der Waals surface area contributed by atoms with Gasteiger partial charge in [-0.25, -0.2) is 0 Å². The fraction of sp³-hybridized carbons (Fsp3) is 0.438. The van der Waals surface area contributed by atoms with Crippen molar-refractivity contribution < 1.29 is 4.79 Å². The molecule has 1 amide bonds. The molecule has 0 spiro atoms. The number of aryl methyl sites for hydroxylation is 1. The summed E-state index contributed by atoms with van der Waals surface area (Å²) in [7, 11) is 0. The van der Waals surface area contributed by atoms with Gasteiger partial charge in [-0.05, 0) is 49.4 Å². The Morgan fingerprint density at radius 3 is 3.16 bits per heavy atom. The first-order valence-corrected chi connectivity index (χ1v) is 6.90. The summed E-state index contributed by atoms with van der Waals surface area (Å²) in [6, 6.07) is 5.88. The predicted molar refractivity (Wildman–Crippen MR) is 78.3 cm³/mol. The molecule has 0 saturated carbocycles. The van der Waals surface area contributed by atoms with Gasteiger partial charge in [0.1, 0.15) is 0 Å². The second kappa shape index (κ2) is 6.84. The number of benzene rings is 1. The Balaban J connectivity index is 1.87. The minimum atomic E-state index is 0.00841. The van der Waals surface area contributed by atoms with Crippen LogP contribution >= 0.6 is 0 Å². The van der Waals surface area contributed by atoms with Crippen molar-refractivity contribution in [3.63, 3.8) is 0 Å². The molecule has 1 aliphatic heterocycles. The van der Waals surface area contributed by atoms with Crippen molar-refractivity contribution in [3.05, 3.63) is 29.3 Å². The molecule has 0 radical (unpaired) electrons. The highest BCUT2D eigenvalue weighted by Gasteiger charge is 2.11. The number of unbranched alkanes of at least 4 members (excludes halogenated alkanes) is 2. The van der Waals surface area contributed by atoms with Crippen LogP contribution in [0.2, 0.25) is 0 Å². The Bertz CT molecular complexity index is 488. The third kappa shape index (κ3) is 3.75. The molecule has 1 aromatic rings. The molecule has 3 nitrogen and oxygen atoms in total. The molecule has 2 N–H and O–H groups in total. The summed E-state index contributed by atoms with van der Waals surface area (Å²) in [6.07, 6.45) is 10.0. The summed E-state index contributed by atoms with van der Waals surface area (Å²) >= 11 is 0. The maximum atomic E-state index is 12.0. The zero-order chi connectivity index (χ0) is 13.5.